The van der Waals surface area contributed by atoms with Crippen LogP contribution in [0.4, 0.5) is 0 Å². The topological polar surface area (TPSA) is 67.3 Å². The van der Waals surface area contributed by atoms with Crippen LogP contribution in [0.15, 0.2) is 0 Å². The van der Waals surface area contributed by atoms with Crippen LogP contribution in [0.1, 0.15) is 48.7 Å². The highest BCUT2D eigenvalue weighted by atomic mass is 32.2. The average molecular weight is 347 g/mol. The number of aromatic nitrogens is 1. The van der Waals surface area contributed by atoms with E-state index in [-0.39, 0.29) is 17.7 Å². The molecular formula is C15H26N2O3S2. The molecule has 1 rings (SSSR count). The summed E-state index contributed by atoms with van der Waals surface area (Å²) >= 11 is 1.32. The van der Waals surface area contributed by atoms with Crippen LogP contribution < -0.4 is 0 Å². The Labute approximate surface area is 137 Å². The second kappa shape index (κ2) is 8.06. The molecule has 0 saturated carbocycles. The molecule has 1 unspecified atom stereocenters. The second-order valence-electron chi connectivity index (χ2n) is 5.86. The summed E-state index contributed by atoms with van der Waals surface area (Å²) in [6.07, 6.45) is 4.71. The summed E-state index contributed by atoms with van der Waals surface area (Å²) in [5.41, 5.74) is 0.756. The Hall–Kier alpha value is -0.950. The first-order valence-electron chi connectivity index (χ1n) is 7.52. The number of unbranched alkanes of at least 4 members (excludes halogenated alkanes) is 1. The van der Waals surface area contributed by atoms with Gasteiger partial charge in [-0.25, -0.2) is 13.4 Å². The van der Waals surface area contributed by atoms with Gasteiger partial charge in [0.2, 0.25) is 5.91 Å². The minimum absolute atomic E-state index is 0.0567. The number of thiazole rings is 1. The highest BCUT2D eigenvalue weighted by Gasteiger charge is 2.19. The predicted octanol–water partition coefficient (Wildman–Crippen LogP) is 2.58. The van der Waals surface area contributed by atoms with E-state index >= 15 is 0 Å². The largest absolute Gasteiger partial charge is 0.343 e. The smallest absolute Gasteiger partial charge is 0.227 e. The van der Waals surface area contributed by atoms with E-state index in [1.807, 2.05) is 14.0 Å². The molecular weight excluding hydrogens is 320 g/mol. The van der Waals surface area contributed by atoms with Crippen LogP contribution in [0, 0.1) is 6.92 Å². The highest BCUT2D eigenvalue weighted by Crippen LogP contribution is 2.21. The zero-order valence-corrected chi connectivity index (χ0v) is 15.7. The third-order valence-electron chi connectivity index (χ3n) is 3.66. The van der Waals surface area contributed by atoms with E-state index in [1.165, 1.54) is 17.6 Å². The van der Waals surface area contributed by atoms with Gasteiger partial charge in [0.05, 0.1) is 12.1 Å². The zero-order valence-electron chi connectivity index (χ0n) is 14.0. The fraction of sp³-hybridized carbons (Fsp3) is 0.733. The van der Waals surface area contributed by atoms with E-state index < -0.39 is 9.84 Å². The molecule has 0 fully saturated rings. The van der Waals surface area contributed by atoms with Crippen LogP contribution in [0.5, 0.6) is 0 Å². The Morgan fingerprint density at radius 1 is 1.41 bits per heavy atom. The number of sulfone groups is 1. The van der Waals surface area contributed by atoms with Crippen LogP contribution in [0.2, 0.25) is 0 Å². The maximum Gasteiger partial charge on any atom is 0.227 e. The maximum absolute atomic E-state index is 12.4. The van der Waals surface area contributed by atoms with E-state index in [0.29, 0.717) is 11.4 Å². The molecule has 1 heterocycles. The van der Waals surface area contributed by atoms with Crippen LogP contribution in [0.3, 0.4) is 0 Å². The molecule has 0 aliphatic carbocycles. The molecule has 1 aromatic rings. The van der Waals surface area contributed by atoms with Crippen molar-refractivity contribution in [1.82, 2.24) is 9.88 Å². The molecule has 5 nitrogen and oxygen atoms in total. The van der Waals surface area contributed by atoms with Gasteiger partial charge in [-0.1, -0.05) is 19.8 Å². The molecule has 0 aromatic carbocycles. The monoisotopic (exact) mass is 346 g/mol. The summed E-state index contributed by atoms with van der Waals surface area (Å²) in [6, 6.07) is 0.219. The van der Waals surface area contributed by atoms with Gasteiger partial charge in [0, 0.05) is 24.2 Å². The van der Waals surface area contributed by atoms with Gasteiger partial charge in [0.1, 0.15) is 10.8 Å². The number of carbonyl (C=O) groups excluding carboxylic acids is 1. The summed E-state index contributed by atoms with van der Waals surface area (Å²) in [6.45, 7) is 6.02. The van der Waals surface area contributed by atoms with Crippen molar-refractivity contribution in [3.05, 3.63) is 15.6 Å². The molecule has 1 aromatic heterocycles. The van der Waals surface area contributed by atoms with Gasteiger partial charge in [0.15, 0.2) is 9.84 Å². The molecule has 0 aliphatic heterocycles. The predicted molar refractivity (Wildman–Crippen MR) is 90.9 cm³/mol. The number of rotatable bonds is 8. The molecule has 0 radical (unpaired) electrons. The Morgan fingerprint density at radius 2 is 2.05 bits per heavy atom. The lowest BCUT2D eigenvalue weighted by Crippen LogP contribution is -2.36. The van der Waals surface area contributed by atoms with E-state index in [0.717, 1.165) is 29.8 Å². The lowest BCUT2D eigenvalue weighted by atomic mass is 10.1. The summed E-state index contributed by atoms with van der Waals surface area (Å²) in [5, 5.41) is 0.560. The summed E-state index contributed by atoms with van der Waals surface area (Å²) in [5.74, 6) is -0.00336. The van der Waals surface area contributed by atoms with Crippen molar-refractivity contribution in [3.8, 4) is 0 Å². The minimum Gasteiger partial charge on any atom is -0.343 e. The number of hydrogen-bond acceptors (Lipinski definition) is 5. The Bertz CT molecular complexity index is 608. The van der Waals surface area contributed by atoms with Gasteiger partial charge in [-0.05, 0) is 20.3 Å². The van der Waals surface area contributed by atoms with Gasteiger partial charge < -0.3 is 4.90 Å². The lowest BCUT2D eigenvalue weighted by molar-refractivity contribution is -0.131. The number of nitrogens with zero attached hydrogens (tertiary/aromatic N) is 2. The molecule has 0 saturated heterocycles. The molecule has 0 bridgehead atoms. The fourth-order valence-electron chi connectivity index (χ4n) is 2.14. The van der Waals surface area contributed by atoms with Crippen molar-refractivity contribution in [2.45, 2.75) is 58.2 Å². The number of aryl methyl sites for hydroxylation is 1. The molecule has 1 amide bonds. The van der Waals surface area contributed by atoms with E-state index in [4.69, 9.17) is 0 Å². The molecule has 0 N–H and O–H groups in total. The molecule has 0 spiro atoms. The zero-order chi connectivity index (χ0) is 16.9. The van der Waals surface area contributed by atoms with E-state index in [1.54, 1.807) is 4.90 Å². The van der Waals surface area contributed by atoms with Gasteiger partial charge in [-0.2, -0.15) is 0 Å². The Morgan fingerprint density at radius 3 is 2.59 bits per heavy atom. The molecule has 0 aliphatic rings. The quantitative estimate of drug-likeness (QED) is 0.725. The van der Waals surface area contributed by atoms with Crippen molar-refractivity contribution in [1.29, 1.82) is 0 Å². The maximum atomic E-state index is 12.4. The Balaban J connectivity index is 2.72. The SMILES string of the molecule is CCCCC(C)N(C)C(=O)Cc1sc(CS(C)(=O)=O)nc1C. The summed E-state index contributed by atoms with van der Waals surface area (Å²) < 4.78 is 22.7. The van der Waals surface area contributed by atoms with Crippen LogP contribution in [0.25, 0.3) is 0 Å². The normalized spacial score (nSPS) is 13.1. The van der Waals surface area contributed by atoms with Crippen molar-refractivity contribution in [3.63, 3.8) is 0 Å². The number of likely N-dealkylation sites (N-methyl/N-ethyl adjacent to an activating group) is 1. The molecule has 7 heteroatoms. The van der Waals surface area contributed by atoms with Gasteiger partial charge in [0.25, 0.3) is 0 Å². The summed E-state index contributed by atoms with van der Waals surface area (Å²) in [7, 11) is -1.27. The standard InChI is InChI=1S/C15H26N2O3S2/c1-6-7-8-11(2)17(4)15(18)9-13-12(3)16-14(21-13)10-22(5,19)20/h11H,6-10H2,1-5H3. The van der Waals surface area contributed by atoms with E-state index in [2.05, 4.69) is 18.8 Å². The first-order valence-corrected chi connectivity index (χ1v) is 10.4. The first kappa shape index (κ1) is 19.1. The number of hydrogen-bond donors (Lipinski definition) is 0. The van der Waals surface area contributed by atoms with Gasteiger partial charge >= 0.3 is 0 Å². The Kier molecular flexibility index (Phi) is 6.99. The van der Waals surface area contributed by atoms with Crippen molar-refractivity contribution in [2.75, 3.05) is 13.3 Å². The highest BCUT2D eigenvalue weighted by molar-refractivity contribution is 7.90. The first-order chi connectivity index (χ1) is 10.1. The van der Waals surface area contributed by atoms with Gasteiger partial charge in [-0.15, -0.1) is 11.3 Å². The second-order valence-corrected chi connectivity index (χ2v) is 9.17. The lowest BCUT2D eigenvalue weighted by Gasteiger charge is -2.24. The number of amides is 1. The average Bonchev–Trinajstić information content (AvgIpc) is 2.72. The molecule has 126 valence electrons. The third-order valence-corrected chi connectivity index (χ3v) is 5.80. The van der Waals surface area contributed by atoms with Crippen LogP contribution in [-0.4, -0.2) is 43.6 Å². The fourth-order valence-corrected chi connectivity index (χ4v) is 4.39. The van der Waals surface area contributed by atoms with Crippen molar-refractivity contribution < 1.29 is 13.2 Å². The molecule has 1 atom stereocenters. The minimum atomic E-state index is -3.10. The molecule has 22 heavy (non-hydrogen) atoms. The van der Waals surface area contributed by atoms with Crippen molar-refractivity contribution in [2.24, 2.45) is 0 Å². The third kappa shape index (κ3) is 6.04. The number of carbonyl (C=O) groups is 1. The van der Waals surface area contributed by atoms with Crippen LogP contribution in [-0.2, 0) is 26.8 Å². The summed E-state index contributed by atoms with van der Waals surface area (Å²) in [4.78, 5) is 19.3. The van der Waals surface area contributed by atoms with Gasteiger partial charge in [-0.3, -0.25) is 4.79 Å². The van der Waals surface area contributed by atoms with Crippen LogP contribution >= 0.6 is 11.3 Å². The van der Waals surface area contributed by atoms with Crippen molar-refractivity contribution >= 4 is 27.1 Å². The van der Waals surface area contributed by atoms with E-state index in [9.17, 15) is 13.2 Å².